The van der Waals surface area contributed by atoms with Gasteiger partial charge in [-0.3, -0.25) is 4.79 Å². The second-order valence-corrected chi connectivity index (χ2v) is 4.67. The summed E-state index contributed by atoms with van der Waals surface area (Å²) in [4.78, 5) is 15.2. The van der Waals surface area contributed by atoms with Crippen LogP contribution in [0.1, 0.15) is 0 Å². The van der Waals surface area contributed by atoms with Crippen LogP contribution in [0.2, 0.25) is 5.02 Å². The maximum atomic E-state index is 12.1. The topological polar surface area (TPSA) is 53.1 Å². The first kappa shape index (κ1) is 11.8. The van der Waals surface area contributed by atoms with Gasteiger partial charge in [0.15, 0.2) is 5.75 Å². The molecule has 0 bridgehead atoms. The van der Waals surface area contributed by atoms with Gasteiger partial charge in [0.05, 0.1) is 11.2 Å². The van der Waals surface area contributed by atoms with Crippen LogP contribution in [0.15, 0.2) is 53.3 Å². The Balaban J connectivity index is 2.38. The second kappa shape index (κ2) is 4.44. The van der Waals surface area contributed by atoms with Crippen molar-refractivity contribution in [1.29, 1.82) is 0 Å². The lowest BCUT2D eigenvalue weighted by Gasteiger charge is -2.07. The fourth-order valence-electron chi connectivity index (χ4n) is 2.07. The summed E-state index contributed by atoms with van der Waals surface area (Å²) < 4.78 is 0. The zero-order chi connectivity index (χ0) is 13.4. The van der Waals surface area contributed by atoms with Crippen LogP contribution in [0.4, 0.5) is 0 Å². The Labute approximate surface area is 114 Å². The van der Waals surface area contributed by atoms with Crippen molar-refractivity contribution in [2.24, 2.45) is 0 Å². The Morgan fingerprint density at radius 2 is 1.79 bits per heavy atom. The number of halogens is 1. The van der Waals surface area contributed by atoms with Gasteiger partial charge in [0.2, 0.25) is 5.43 Å². The first-order chi connectivity index (χ1) is 9.16. The number of fused-ring (bicyclic) bond motifs is 1. The molecule has 0 amide bonds. The van der Waals surface area contributed by atoms with E-state index in [4.69, 9.17) is 11.6 Å². The molecule has 0 spiro atoms. The molecule has 1 heterocycles. The lowest BCUT2D eigenvalue weighted by molar-refractivity contribution is 0.471. The number of rotatable bonds is 1. The van der Waals surface area contributed by atoms with Crippen LogP contribution in [0, 0.1) is 0 Å². The van der Waals surface area contributed by atoms with Crippen LogP contribution >= 0.6 is 11.6 Å². The number of H-pyrrole nitrogens is 1. The van der Waals surface area contributed by atoms with Crippen molar-refractivity contribution in [2.45, 2.75) is 0 Å². The predicted molar refractivity (Wildman–Crippen MR) is 76.7 cm³/mol. The average molecular weight is 272 g/mol. The minimum absolute atomic E-state index is 0.277. The highest BCUT2D eigenvalue weighted by Crippen LogP contribution is 2.27. The van der Waals surface area contributed by atoms with E-state index in [9.17, 15) is 9.90 Å². The zero-order valence-corrected chi connectivity index (χ0v) is 10.6. The third kappa shape index (κ3) is 1.98. The van der Waals surface area contributed by atoms with E-state index in [2.05, 4.69) is 4.98 Å². The number of pyridine rings is 1. The van der Waals surface area contributed by atoms with Crippen LogP contribution in [0.25, 0.3) is 22.2 Å². The molecule has 0 aliphatic heterocycles. The molecule has 0 aliphatic carbocycles. The van der Waals surface area contributed by atoms with Gasteiger partial charge in [-0.05, 0) is 18.2 Å². The summed E-state index contributed by atoms with van der Waals surface area (Å²) in [5.41, 5.74) is 1.36. The maximum absolute atomic E-state index is 12.1. The van der Waals surface area contributed by atoms with Gasteiger partial charge in [-0.1, -0.05) is 41.9 Å². The SMILES string of the molecule is O=c1c(O)c(-c2ccccc2)[nH]c2cc(Cl)ccc12. The Morgan fingerprint density at radius 3 is 2.53 bits per heavy atom. The number of nitrogens with one attached hydrogen (secondary N) is 1. The molecule has 2 aromatic carbocycles. The number of benzene rings is 2. The van der Waals surface area contributed by atoms with Crippen molar-refractivity contribution in [3.8, 4) is 17.0 Å². The van der Waals surface area contributed by atoms with Crippen molar-refractivity contribution in [1.82, 2.24) is 4.98 Å². The third-order valence-electron chi connectivity index (χ3n) is 3.00. The van der Waals surface area contributed by atoms with Crippen LogP contribution < -0.4 is 5.43 Å². The molecule has 0 fully saturated rings. The van der Waals surface area contributed by atoms with Gasteiger partial charge in [0.25, 0.3) is 0 Å². The summed E-state index contributed by atoms with van der Waals surface area (Å²) in [6.07, 6.45) is 0. The fourth-order valence-corrected chi connectivity index (χ4v) is 2.24. The van der Waals surface area contributed by atoms with Gasteiger partial charge in [0, 0.05) is 16.0 Å². The molecule has 19 heavy (non-hydrogen) atoms. The quantitative estimate of drug-likeness (QED) is 0.711. The van der Waals surface area contributed by atoms with Crippen molar-refractivity contribution >= 4 is 22.5 Å². The van der Waals surface area contributed by atoms with Gasteiger partial charge < -0.3 is 10.1 Å². The Morgan fingerprint density at radius 1 is 1.05 bits per heavy atom. The average Bonchev–Trinajstić information content (AvgIpc) is 2.43. The standard InChI is InChI=1S/C15H10ClNO2/c16-10-6-7-11-12(8-10)17-13(15(19)14(11)18)9-4-2-1-3-5-9/h1-8,19H,(H,17,18). The highest BCUT2D eigenvalue weighted by Gasteiger charge is 2.12. The summed E-state index contributed by atoms with van der Waals surface area (Å²) >= 11 is 5.92. The Kier molecular flexibility index (Phi) is 2.76. The summed E-state index contributed by atoms with van der Waals surface area (Å²) in [7, 11) is 0. The fraction of sp³-hybridized carbons (Fsp3) is 0. The van der Waals surface area contributed by atoms with Crippen LogP contribution in [-0.2, 0) is 0 Å². The molecule has 0 radical (unpaired) electrons. The summed E-state index contributed by atoms with van der Waals surface area (Å²) in [5, 5.41) is 11.0. The molecule has 94 valence electrons. The van der Waals surface area contributed by atoms with Gasteiger partial charge in [0.1, 0.15) is 0 Å². The van der Waals surface area contributed by atoms with Crippen LogP contribution in [-0.4, -0.2) is 10.1 Å². The van der Waals surface area contributed by atoms with E-state index in [1.54, 1.807) is 18.2 Å². The smallest absolute Gasteiger partial charge is 0.231 e. The Bertz CT molecular complexity index is 809. The molecule has 4 heteroatoms. The zero-order valence-electron chi connectivity index (χ0n) is 9.85. The predicted octanol–water partition coefficient (Wildman–Crippen LogP) is 3.55. The first-order valence-electron chi connectivity index (χ1n) is 5.77. The molecular formula is C15H10ClNO2. The molecule has 0 unspecified atom stereocenters. The van der Waals surface area contributed by atoms with Crippen molar-refractivity contribution in [3.63, 3.8) is 0 Å². The number of hydrogen-bond acceptors (Lipinski definition) is 2. The van der Waals surface area contributed by atoms with Gasteiger partial charge in [-0.15, -0.1) is 0 Å². The molecule has 1 aromatic heterocycles. The molecular weight excluding hydrogens is 262 g/mol. The highest BCUT2D eigenvalue weighted by molar-refractivity contribution is 6.31. The van der Waals surface area contributed by atoms with Crippen molar-refractivity contribution in [3.05, 3.63) is 63.8 Å². The molecule has 0 saturated carbocycles. The van der Waals surface area contributed by atoms with E-state index in [1.165, 1.54) is 0 Å². The normalized spacial score (nSPS) is 10.8. The molecule has 0 saturated heterocycles. The van der Waals surface area contributed by atoms with E-state index in [1.807, 2.05) is 30.3 Å². The molecule has 0 atom stereocenters. The van der Waals surface area contributed by atoms with E-state index in [0.29, 0.717) is 21.6 Å². The Hall–Kier alpha value is -2.26. The molecule has 3 rings (SSSR count). The minimum atomic E-state index is -0.399. The molecule has 3 aromatic rings. The van der Waals surface area contributed by atoms with Crippen LogP contribution in [0.3, 0.4) is 0 Å². The first-order valence-corrected chi connectivity index (χ1v) is 6.14. The van der Waals surface area contributed by atoms with Crippen molar-refractivity contribution in [2.75, 3.05) is 0 Å². The van der Waals surface area contributed by atoms with E-state index >= 15 is 0 Å². The van der Waals surface area contributed by atoms with Crippen molar-refractivity contribution < 1.29 is 5.11 Å². The van der Waals surface area contributed by atoms with Gasteiger partial charge in [-0.2, -0.15) is 0 Å². The summed E-state index contributed by atoms with van der Waals surface area (Å²) in [5.74, 6) is -0.277. The van der Waals surface area contributed by atoms with E-state index < -0.39 is 5.43 Å². The van der Waals surface area contributed by atoms with Gasteiger partial charge >= 0.3 is 0 Å². The largest absolute Gasteiger partial charge is 0.503 e. The third-order valence-corrected chi connectivity index (χ3v) is 3.24. The maximum Gasteiger partial charge on any atom is 0.231 e. The van der Waals surface area contributed by atoms with Gasteiger partial charge in [-0.25, -0.2) is 0 Å². The van der Waals surface area contributed by atoms with E-state index in [-0.39, 0.29) is 5.75 Å². The lowest BCUT2D eigenvalue weighted by Crippen LogP contribution is -2.04. The number of hydrogen-bond donors (Lipinski definition) is 2. The summed E-state index contributed by atoms with van der Waals surface area (Å²) in [6, 6.07) is 14.1. The molecule has 0 aliphatic rings. The number of aromatic amines is 1. The highest BCUT2D eigenvalue weighted by atomic mass is 35.5. The lowest BCUT2D eigenvalue weighted by atomic mass is 10.1. The van der Waals surface area contributed by atoms with Crippen LogP contribution in [0.5, 0.6) is 5.75 Å². The molecule has 3 nitrogen and oxygen atoms in total. The van der Waals surface area contributed by atoms with E-state index in [0.717, 1.165) is 5.56 Å². The number of aromatic hydroxyl groups is 1. The number of aromatic nitrogens is 1. The molecule has 2 N–H and O–H groups in total. The summed E-state index contributed by atoms with van der Waals surface area (Å²) in [6.45, 7) is 0. The monoisotopic (exact) mass is 271 g/mol. The minimum Gasteiger partial charge on any atom is -0.503 e. The second-order valence-electron chi connectivity index (χ2n) is 4.23.